The first-order valence-electron chi connectivity index (χ1n) is 10.3. The summed E-state index contributed by atoms with van der Waals surface area (Å²) in [6, 6.07) is 17.8. The van der Waals surface area contributed by atoms with Gasteiger partial charge in [0.1, 0.15) is 22.7 Å². The monoisotopic (exact) mass is 453 g/mol. The molecule has 0 saturated heterocycles. The van der Waals surface area contributed by atoms with E-state index >= 15 is 0 Å². The average Bonchev–Trinajstić information content (AvgIpc) is 3.31. The number of carbonyl (C=O) groups is 1. The van der Waals surface area contributed by atoms with Gasteiger partial charge in [0.2, 0.25) is 5.95 Å². The van der Waals surface area contributed by atoms with Gasteiger partial charge in [0.05, 0.1) is 36.8 Å². The number of anilines is 1. The second-order valence-corrected chi connectivity index (χ2v) is 7.49. The first-order chi connectivity index (χ1) is 16.5. The molecule has 0 atom stereocenters. The number of hydrogen-bond donors (Lipinski definition) is 2. The molecule has 0 aliphatic rings. The smallest absolute Gasteiger partial charge is 0.335 e. The molecule has 0 fully saturated rings. The number of carboxylic acids is 1. The highest BCUT2D eigenvalue weighted by Gasteiger charge is 2.15. The first kappa shape index (κ1) is 21.0. The third-order valence-corrected chi connectivity index (χ3v) is 5.24. The van der Waals surface area contributed by atoms with Crippen LogP contribution in [0.25, 0.3) is 33.5 Å². The number of rotatable bonds is 6. The minimum Gasteiger partial charge on any atom is -0.494 e. The number of aromatic nitrogens is 6. The number of nitrogen functional groups attached to an aromatic ring is 1. The summed E-state index contributed by atoms with van der Waals surface area (Å²) in [4.78, 5) is 24.6. The normalized spacial score (nSPS) is 11.0. The van der Waals surface area contributed by atoms with Gasteiger partial charge < -0.3 is 15.6 Å². The van der Waals surface area contributed by atoms with Crippen molar-refractivity contribution < 1.29 is 14.6 Å². The fraction of sp³-hybridized carbons (Fsp3) is 0.0833. The second-order valence-electron chi connectivity index (χ2n) is 7.49. The summed E-state index contributed by atoms with van der Waals surface area (Å²) in [5, 5.41) is 18.5. The zero-order valence-corrected chi connectivity index (χ0v) is 18.1. The lowest BCUT2D eigenvalue weighted by atomic mass is 10.1. The molecule has 3 aromatic heterocycles. The van der Waals surface area contributed by atoms with E-state index in [9.17, 15) is 9.90 Å². The van der Waals surface area contributed by atoms with E-state index in [1.807, 2.05) is 36.4 Å². The van der Waals surface area contributed by atoms with Crippen molar-refractivity contribution in [2.24, 2.45) is 0 Å². The van der Waals surface area contributed by atoms with Crippen LogP contribution < -0.4 is 10.5 Å². The molecule has 0 aliphatic heterocycles. The number of pyridine rings is 1. The van der Waals surface area contributed by atoms with E-state index in [0.717, 1.165) is 16.6 Å². The van der Waals surface area contributed by atoms with Crippen molar-refractivity contribution in [3.8, 4) is 28.4 Å². The van der Waals surface area contributed by atoms with Crippen LogP contribution in [0.5, 0.6) is 5.75 Å². The molecule has 0 unspecified atom stereocenters. The lowest BCUT2D eigenvalue weighted by Gasteiger charge is -2.08. The van der Waals surface area contributed by atoms with Crippen molar-refractivity contribution in [1.82, 2.24) is 29.9 Å². The first-order valence-corrected chi connectivity index (χ1v) is 10.3. The molecule has 0 radical (unpaired) electrons. The lowest BCUT2D eigenvalue weighted by molar-refractivity contribution is 0.0697. The zero-order chi connectivity index (χ0) is 23.7. The quantitative estimate of drug-likeness (QED) is 0.396. The minimum absolute atomic E-state index is 0.111. The van der Waals surface area contributed by atoms with Crippen LogP contribution in [0.2, 0.25) is 0 Å². The maximum Gasteiger partial charge on any atom is 0.335 e. The molecule has 0 spiro atoms. The third-order valence-electron chi connectivity index (χ3n) is 5.24. The number of fused-ring (bicyclic) bond motifs is 1. The van der Waals surface area contributed by atoms with E-state index in [2.05, 4.69) is 25.3 Å². The third kappa shape index (κ3) is 3.99. The largest absolute Gasteiger partial charge is 0.494 e. The van der Waals surface area contributed by atoms with Crippen molar-refractivity contribution in [3.63, 3.8) is 0 Å². The van der Waals surface area contributed by atoms with Gasteiger partial charge in [0, 0.05) is 10.9 Å². The summed E-state index contributed by atoms with van der Waals surface area (Å²) in [5.41, 5.74) is 9.97. The number of hydrogen-bond acceptors (Lipinski definition) is 8. The van der Waals surface area contributed by atoms with Crippen LogP contribution in [0, 0.1) is 0 Å². The van der Waals surface area contributed by atoms with Crippen LogP contribution in [0.3, 0.4) is 0 Å². The predicted octanol–water partition coefficient (Wildman–Crippen LogP) is 3.29. The van der Waals surface area contributed by atoms with Crippen molar-refractivity contribution in [2.75, 3.05) is 12.8 Å². The van der Waals surface area contributed by atoms with Gasteiger partial charge in [-0.1, -0.05) is 35.5 Å². The maximum atomic E-state index is 11.3. The molecule has 0 amide bonds. The predicted molar refractivity (Wildman–Crippen MR) is 125 cm³/mol. The molecule has 5 aromatic rings. The molecule has 0 saturated carbocycles. The van der Waals surface area contributed by atoms with Gasteiger partial charge in [-0.05, 0) is 30.3 Å². The van der Waals surface area contributed by atoms with Gasteiger partial charge in [-0.3, -0.25) is 4.98 Å². The average molecular weight is 453 g/mol. The Hall–Kier alpha value is -4.86. The molecular weight excluding hydrogens is 434 g/mol. The molecule has 5 rings (SSSR count). The highest BCUT2D eigenvalue weighted by molar-refractivity contribution is 5.95. The van der Waals surface area contributed by atoms with Crippen molar-refractivity contribution >= 4 is 22.8 Å². The number of nitrogens with two attached hydrogens (primary N) is 1. The number of ether oxygens (including phenoxy) is 1. The van der Waals surface area contributed by atoms with Gasteiger partial charge in [0.15, 0.2) is 0 Å². The number of para-hydroxylation sites is 1. The van der Waals surface area contributed by atoms with Gasteiger partial charge in [-0.25, -0.2) is 19.4 Å². The van der Waals surface area contributed by atoms with Gasteiger partial charge in [-0.15, -0.1) is 5.10 Å². The maximum absolute atomic E-state index is 11.3. The molecule has 0 aliphatic carbocycles. The fourth-order valence-electron chi connectivity index (χ4n) is 3.69. The minimum atomic E-state index is -0.983. The zero-order valence-electron chi connectivity index (χ0n) is 18.1. The fourth-order valence-corrected chi connectivity index (χ4v) is 3.69. The molecule has 0 bridgehead atoms. The lowest BCUT2D eigenvalue weighted by Crippen LogP contribution is -2.03. The van der Waals surface area contributed by atoms with Gasteiger partial charge in [-0.2, -0.15) is 0 Å². The van der Waals surface area contributed by atoms with E-state index in [1.54, 1.807) is 42.3 Å². The Bertz CT molecular complexity index is 1530. The Kier molecular flexibility index (Phi) is 5.30. The Balaban J connectivity index is 1.46. The Labute approximate surface area is 193 Å². The summed E-state index contributed by atoms with van der Waals surface area (Å²) < 4.78 is 7.05. The van der Waals surface area contributed by atoms with Crippen molar-refractivity contribution in [2.45, 2.75) is 6.54 Å². The SMILES string of the molecule is COc1cccc2c(-c3cn(Cc4cccc(-c5cccc(C(=O)O)c5)n4)nn3)nc(N)nc12. The van der Waals surface area contributed by atoms with Crippen LogP contribution >= 0.6 is 0 Å². The number of carboxylic acid groups (broad SMARTS) is 1. The molecule has 168 valence electrons. The van der Waals surface area contributed by atoms with Crippen LogP contribution in [0.15, 0.2) is 66.9 Å². The Morgan fingerprint density at radius 2 is 1.85 bits per heavy atom. The van der Waals surface area contributed by atoms with Crippen molar-refractivity contribution in [1.29, 1.82) is 0 Å². The van der Waals surface area contributed by atoms with Gasteiger partial charge in [0.25, 0.3) is 0 Å². The molecule has 2 aromatic carbocycles. The highest BCUT2D eigenvalue weighted by atomic mass is 16.5. The van der Waals surface area contributed by atoms with E-state index in [0.29, 0.717) is 34.9 Å². The molecule has 10 heteroatoms. The number of benzene rings is 2. The summed E-state index contributed by atoms with van der Waals surface area (Å²) >= 11 is 0. The summed E-state index contributed by atoms with van der Waals surface area (Å²) in [6.45, 7) is 0.362. The summed E-state index contributed by atoms with van der Waals surface area (Å²) in [6.07, 6.45) is 1.76. The summed E-state index contributed by atoms with van der Waals surface area (Å²) in [5.74, 6) is -0.281. The Morgan fingerprint density at radius 1 is 1.03 bits per heavy atom. The van der Waals surface area contributed by atoms with Crippen LogP contribution in [0.1, 0.15) is 16.1 Å². The molecule has 10 nitrogen and oxygen atoms in total. The van der Waals surface area contributed by atoms with Crippen molar-refractivity contribution in [3.05, 3.63) is 78.1 Å². The van der Waals surface area contributed by atoms with E-state index < -0.39 is 5.97 Å². The van der Waals surface area contributed by atoms with Crippen LogP contribution in [0.4, 0.5) is 5.95 Å². The van der Waals surface area contributed by atoms with E-state index in [1.165, 1.54) is 0 Å². The van der Waals surface area contributed by atoms with Crippen LogP contribution in [-0.2, 0) is 6.54 Å². The highest BCUT2D eigenvalue weighted by Crippen LogP contribution is 2.30. The molecule has 3 heterocycles. The van der Waals surface area contributed by atoms with E-state index in [4.69, 9.17) is 10.5 Å². The standard InChI is InChI=1S/C24H19N7O3/c1-34-20-10-4-8-17-21(27-24(25)28-22(17)20)19-13-31(30-29-19)12-16-7-3-9-18(26-16)14-5-2-6-15(11-14)23(32)33/h2-11,13H,12H2,1H3,(H,32,33)(H2,25,27,28). The molecule has 34 heavy (non-hydrogen) atoms. The molecular formula is C24H19N7O3. The second kappa shape index (κ2) is 8.58. The topological polar surface area (TPSA) is 142 Å². The van der Waals surface area contributed by atoms with Crippen LogP contribution in [-0.4, -0.2) is 48.1 Å². The number of methoxy groups -OCH3 is 1. The van der Waals surface area contributed by atoms with Gasteiger partial charge >= 0.3 is 5.97 Å². The number of nitrogens with zero attached hydrogens (tertiary/aromatic N) is 6. The van der Waals surface area contributed by atoms with E-state index in [-0.39, 0.29) is 11.5 Å². The summed E-state index contributed by atoms with van der Waals surface area (Å²) in [7, 11) is 1.57. The molecule has 3 N–H and O–H groups in total. The Morgan fingerprint density at radius 3 is 2.68 bits per heavy atom. The number of aromatic carboxylic acids is 1.